The van der Waals surface area contributed by atoms with Gasteiger partial charge in [-0.25, -0.2) is 0 Å². The van der Waals surface area contributed by atoms with Crippen molar-refractivity contribution in [2.45, 2.75) is 6.42 Å². The lowest BCUT2D eigenvalue weighted by molar-refractivity contribution is -0.120. The number of hydrogen-bond acceptors (Lipinski definition) is 5. The van der Waals surface area contributed by atoms with E-state index in [1.807, 2.05) is 0 Å². The molecule has 0 aliphatic carbocycles. The molecule has 4 N–H and O–H groups in total. The van der Waals surface area contributed by atoms with Crippen molar-refractivity contribution < 1.29 is 19.4 Å². The Balaban J connectivity index is 2.44. The Morgan fingerprint density at radius 2 is 2.22 bits per heavy atom. The van der Waals surface area contributed by atoms with Gasteiger partial charge in [-0.3, -0.25) is 14.6 Å². The lowest BCUT2D eigenvalue weighted by Gasteiger charge is -2.06. The number of carbonyl (C=O) groups excluding carboxylic acids is 2. The fourth-order valence-corrected chi connectivity index (χ4v) is 1.17. The van der Waals surface area contributed by atoms with Gasteiger partial charge in [0.1, 0.15) is 6.61 Å². The van der Waals surface area contributed by atoms with Crippen molar-refractivity contribution in [2.24, 2.45) is 5.73 Å². The van der Waals surface area contributed by atoms with Crippen LogP contribution in [-0.2, 0) is 9.53 Å². The molecule has 18 heavy (non-hydrogen) atoms. The molecule has 1 aromatic heterocycles. The van der Waals surface area contributed by atoms with Crippen LogP contribution in [0.1, 0.15) is 16.8 Å². The Morgan fingerprint density at radius 1 is 1.44 bits per heavy atom. The van der Waals surface area contributed by atoms with E-state index in [1.54, 1.807) is 0 Å². The van der Waals surface area contributed by atoms with Gasteiger partial charge in [-0.1, -0.05) is 0 Å². The molecule has 0 radical (unpaired) electrons. The number of pyridine rings is 1. The second kappa shape index (κ2) is 7.36. The number of primary amides is 1. The Hall–Kier alpha value is -1.99. The molecule has 2 amide bonds. The van der Waals surface area contributed by atoms with E-state index in [-0.39, 0.29) is 24.7 Å². The molecule has 0 bridgehead atoms. The van der Waals surface area contributed by atoms with Gasteiger partial charge in [0.05, 0.1) is 17.4 Å². The highest BCUT2D eigenvalue weighted by molar-refractivity contribution is 5.96. The minimum absolute atomic E-state index is 0.0200. The van der Waals surface area contributed by atoms with Gasteiger partial charge in [0.25, 0.3) is 0 Å². The Labute approximate surface area is 104 Å². The van der Waals surface area contributed by atoms with Crippen molar-refractivity contribution in [2.75, 3.05) is 25.1 Å². The van der Waals surface area contributed by atoms with Crippen LogP contribution in [0.4, 0.5) is 5.69 Å². The third kappa shape index (κ3) is 4.89. The molecule has 98 valence electrons. The fraction of sp³-hybridized carbons (Fsp3) is 0.364. The molecule has 7 nitrogen and oxygen atoms in total. The summed E-state index contributed by atoms with van der Waals surface area (Å²) in [5, 5.41) is 11.0. The first-order valence-electron chi connectivity index (χ1n) is 5.37. The molecule has 0 saturated carbocycles. The molecule has 0 aliphatic rings. The average molecular weight is 253 g/mol. The number of ether oxygens (including phenoxy) is 1. The molecule has 0 saturated heterocycles. The SMILES string of the molecule is NC(=O)c1cncc(NC(=O)COCCCO)c1. The molecule has 1 heterocycles. The molecule has 0 aliphatic heterocycles. The molecule has 0 atom stereocenters. The molecular weight excluding hydrogens is 238 g/mol. The summed E-state index contributed by atoms with van der Waals surface area (Å²) in [5.74, 6) is -0.978. The lowest BCUT2D eigenvalue weighted by Crippen LogP contribution is -2.19. The van der Waals surface area contributed by atoms with Crippen molar-refractivity contribution in [3.63, 3.8) is 0 Å². The Kier molecular flexibility index (Phi) is 5.75. The van der Waals surface area contributed by atoms with E-state index >= 15 is 0 Å². The van der Waals surface area contributed by atoms with Crippen LogP contribution < -0.4 is 11.1 Å². The number of aromatic nitrogens is 1. The molecule has 0 aromatic carbocycles. The van der Waals surface area contributed by atoms with Crippen LogP contribution in [0.25, 0.3) is 0 Å². The number of hydrogen-bond donors (Lipinski definition) is 3. The summed E-state index contributed by atoms with van der Waals surface area (Å²) in [4.78, 5) is 26.1. The van der Waals surface area contributed by atoms with Crippen molar-refractivity contribution in [1.82, 2.24) is 4.98 Å². The quantitative estimate of drug-likeness (QED) is 0.568. The van der Waals surface area contributed by atoms with Crippen LogP contribution in [0, 0.1) is 0 Å². The van der Waals surface area contributed by atoms with Gasteiger partial charge in [-0.05, 0) is 12.5 Å². The van der Waals surface area contributed by atoms with E-state index < -0.39 is 5.91 Å². The number of nitrogens with one attached hydrogen (secondary N) is 1. The number of rotatable bonds is 7. The maximum absolute atomic E-state index is 11.4. The minimum Gasteiger partial charge on any atom is -0.396 e. The van der Waals surface area contributed by atoms with Gasteiger partial charge >= 0.3 is 0 Å². The number of amides is 2. The maximum atomic E-state index is 11.4. The van der Waals surface area contributed by atoms with Gasteiger partial charge in [-0.2, -0.15) is 0 Å². The highest BCUT2D eigenvalue weighted by atomic mass is 16.5. The maximum Gasteiger partial charge on any atom is 0.250 e. The summed E-state index contributed by atoms with van der Waals surface area (Å²) in [5.41, 5.74) is 5.68. The number of nitrogens with zero attached hydrogens (tertiary/aromatic N) is 1. The number of aliphatic hydroxyl groups is 1. The third-order valence-electron chi connectivity index (χ3n) is 1.99. The largest absolute Gasteiger partial charge is 0.396 e. The third-order valence-corrected chi connectivity index (χ3v) is 1.99. The second-order valence-electron chi connectivity index (χ2n) is 3.50. The van der Waals surface area contributed by atoms with Crippen LogP contribution in [0.15, 0.2) is 18.5 Å². The van der Waals surface area contributed by atoms with Crippen LogP contribution in [-0.4, -0.2) is 41.7 Å². The number of anilines is 1. The summed E-state index contributed by atoms with van der Waals surface area (Å²) in [6, 6.07) is 1.43. The molecular formula is C11H15N3O4. The second-order valence-corrected chi connectivity index (χ2v) is 3.50. The van der Waals surface area contributed by atoms with E-state index in [1.165, 1.54) is 18.5 Å². The van der Waals surface area contributed by atoms with E-state index in [2.05, 4.69) is 10.3 Å². The predicted octanol–water partition coefficient (Wildman–Crippen LogP) is -0.482. The van der Waals surface area contributed by atoms with Crippen LogP contribution in [0.5, 0.6) is 0 Å². The highest BCUT2D eigenvalue weighted by Crippen LogP contribution is 2.07. The molecule has 1 rings (SSSR count). The van der Waals surface area contributed by atoms with E-state index in [4.69, 9.17) is 15.6 Å². The molecule has 0 unspecified atom stereocenters. The normalized spacial score (nSPS) is 10.1. The summed E-state index contributed by atoms with van der Waals surface area (Å²) >= 11 is 0. The van der Waals surface area contributed by atoms with E-state index in [0.717, 1.165) is 0 Å². The van der Waals surface area contributed by atoms with Crippen LogP contribution >= 0.6 is 0 Å². The molecule has 1 aromatic rings. The number of carbonyl (C=O) groups is 2. The Bertz CT molecular complexity index is 423. The van der Waals surface area contributed by atoms with Crippen LogP contribution in [0.3, 0.4) is 0 Å². The van der Waals surface area contributed by atoms with Crippen molar-refractivity contribution >= 4 is 17.5 Å². The summed E-state index contributed by atoms with van der Waals surface area (Å²) in [6.45, 7) is 0.205. The lowest BCUT2D eigenvalue weighted by atomic mass is 10.2. The van der Waals surface area contributed by atoms with Gasteiger partial charge in [0.15, 0.2) is 0 Å². The standard InChI is InChI=1S/C11H15N3O4/c12-11(17)8-4-9(6-13-5-8)14-10(16)7-18-3-1-2-15/h4-6,15H,1-3,7H2,(H2,12,17)(H,14,16). The van der Waals surface area contributed by atoms with Crippen molar-refractivity contribution in [3.05, 3.63) is 24.0 Å². The van der Waals surface area contributed by atoms with Gasteiger partial charge in [0, 0.05) is 19.4 Å². The zero-order valence-corrected chi connectivity index (χ0v) is 9.76. The zero-order chi connectivity index (χ0) is 13.4. The first-order valence-corrected chi connectivity index (χ1v) is 5.37. The minimum atomic E-state index is -0.613. The fourth-order valence-electron chi connectivity index (χ4n) is 1.17. The van der Waals surface area contributed by atoms with Crippen LogP contribution in [0.2, 0.25) is 0 Å². The topological polar surface area (TPSA) is 115 Å². The average Bonchev–Trinajstić information content (AvgIpc) is 2.35. The van der Waals surface area contributed by atoms with Crippen molar-refractivity contribution in [1.29, 1.82) is 0 Å². The summed E-state index contributed by atoms with van der Waals surface area (Å²) < 4.78 is 5.00. The number of nitrogens with two attached hydrogens (primary N) is 1. The molecule has 7 heteroatoms. The smallest absolute Gasteiger partial charge is 0.250 e. The van der Waals surface area contributed by atoms with E-state index in [9.17, 15) is 9.59 Å². The summed E-state index contributed by atoms with van der Waals surface area (Å²) in [7, 11) is 0. The van der Waals surface area contributed by atoms with Gasteiger partial charge in [-0.15, -0.1) is 0 Å². The molecule has 0 fully saturated rings. The zero-order valence-electron chi connectivity index (χ0n) is 9.76. The predicted molar refractivity (Wildman–Crippen MR) is 63.9 cm³/mol. The summed E-state index contributed by atoms with van der Waals surface area (Å²) in [6.07, 6.45) is 3.19. The Morgan fingerprint density at radius 3 is 2.89 bits per heavy atom. The highest BCUT2D eigenvalue weighted by Gasteiger charge is 2.05. The van der Waals surface area contributed by atoms with Gasteiger partial charge in [0.2, 0.25) is 11.8 Å². The van der Waals surface area contributed by atoms with Gasteiger partial charge < -0.3 is 20.9 Å². The first kappa shape index (κ1) is 14.1. The molecule has 0 spiro atoms. The monoisotopic (exact) mass is 253 g/mol. The van der Waals surface area contributed by atoms with Crippen molar-refractivity contribution in [3.8, 4) is 0 Å². The first-order chi connectivity index (χ1) is 8.63. The van der Waals surface area contributed by atoms with E-state index in [0.29, 0.717) is 18.7 Å². The number of aliphatic hydroxyl groups excluding tert-OH is 1.